The number of hydrogen-bond acceptors (Lipinski definition) is 2. The average Bonchev–Trinajstić information content (AvgIpc) is 2.68. The number of allylic oxidation sites excluding steroid dienone is 1. The first-order valence-corrected chi connectivity index (χ1v) is 10.0. The fraction of sp³-hybridized carbons (Fsp3) is 0.900. The highest BCUT2D eigenvalue weighted by Crippen LogP contribution is 2.44. The Bertz CT molecular complexity index is 387. The fourth-order valence-electron chi connectivity index (χ4n) is 5.07. The second-order valence-corrected chi connectivity index (χ2v) is 7.72. The second kappa shape index (κ2) is 7.75. The third-order valence-corrected chi connectivity index (χ3v) is 6.32. The SMILES string of the molecule is CCN(C)C1=C2CCCCCCCCN2C2CCCCCC12. The normalized spacial score (nSPS) is 30.5. The molecule has 1 saturated heterocycles. The lowest BCUT2D eigenvalue weighted by atomic mass is 9.93. The lowest BCUT2D eigenvalue weighted by molar-refractivity contribution is 0.209. The quantitative estimate of drug-likeness (QED) is 0.695. The third kappa shape index (κ3) is 3.31. The Morgan fingerprint density at radius 1 is 0.909 bits per heavy atom. The van der Waals surface area contributed by atoms with E-state index in [9.17, 15) is 0 Å². The molecule has 3 aliphatic rings. The number of nitrogens with zero attached hydrogens (tertiary/aromatic N) is 2. The summed E-state index contributed by atoms with van der Waals surface area (Å²) in [5.41, 5.74) is 3.50. The van der Waals surface area contributed by atoms with Crippen molar-refractivity contribution in [2.75, 3.05) is 20.1 Å². The molecule has 0 N–H and O–H groups in total. The van der Waals surface area contributed by atoms with Crippen molar-refractivity contribution in [3.05, 3.63) is 11.4 Å². The molecule has 2 heterocycles. The highest BCUT2D eigenvalue weighted by molar-refractivity contribution is 5.25. The van der Waals surface area contributed by atoms with Crippen LogP contribution < -0.4 is 0 Å². The van der Waals surface area contributed by atoms with Gasteiger partial charge < -0.3 is 9.80 Å². The van der Waals surface area contributed by atoms with Gasteiger partial charge in [-0.15, -0.1) is 0 Å². The Hall–Kier alpha value is -0.660. The van der Waals surface area contributed by atoms with E-state index in [1.165, 1.54) is 83.6 Å². The summed E-state index contributed by atoms with van der Waals surface area (Å²) in [6, 6.07) is 0.834. The maximum Gasteiger partial charge on any atom is 0.0377 e. The zero-order valence-corrected chi connectivity index (χ0v) is 14.9. The van der Waals surface area contributed by atoms with E-state index in [-0.39, 0.29) is 0 Å². The number of hydrogen-bond donors (Lipinski definition) is 0. The van der Waals surface area contributed by atoms with Gasteiger partial charge in [0.15, 0.2) is 0 Å². The van der Waals surface area contributed by atoms with Gasteiger partial charge in [0, 0.05) is 43.5 Å². The maximum absolute atomic E-state index is 2.89. The molecule has 22 heavy (non-hydrogen) atoms. The summed E-state index contributed by atoms with van der Waals surface area (Å²) in [7, 11) is 2.34. The van der Waals surface area contributed by atoms with E-state index in [4.69, 9.17) is 0 Å². The van der Waals surface area contributed by atoms with Crippen LogP contribution in [0.5, 0.6) is 0 Å². The van der Waals surface area contributed by atoms with Gasteiger partial charge >= 0.3 is 0 Å². The summed E-state index contributed by atoms with van der Waals surface area (Å²) in [6.45, 7) is 4.82. The van der Waals surface area contributed by atoms with Gasteiger partial charge in [0.1, 0.15) is 0 Å². The highest BCUT2D eigenvalue weighted by atomic mass is 15.3. The maximum atomic E-state index is 2.89. The molecule has 126 valence electrons. The van der Waals surface area contributed by atoms with Crippen molar-refractivity contribution >= 4 is 0 Å². The summed E-state index contributed by atoms with van der Waals surface area (Å²) >= 11 is 0. The van der Waals surface area contributed by atoms with Crippen LogP contribution in [-0.4, -0.2) is 36.0 Å². The molecular weight excluding hydrogens is 268 g/mol. The van der Waals surface area contributed by atoms with Crippen LogP contribution in [0.25, 0.3) is 0 Å². The second-order valence-electron chi connectivity index (χ2n) is 7.72. The van der Waals surface area contributed by atoms with Crippen molar-refractivity contribution in [3.8, 4) is 0 Å². The van der Waals surface area contributed by atoms with Crippen molar-refractivity contribution in [2.24, 2.45) is 5.92 Å². The molecule has 1 aliphatic carbocycles. The first-order valence-electron chi connectivity index (χ1n) is 10.0. The van der Waals surface area contributed by atoms with Crippen LogP contribution in [0.4, 0.5) is 0 Å². The predicted octanol–water partition coefficient (Wildman–Crippen LogP) is 5.16. The van der Waals surface area contributed by atoms with E-state index >= 15 is 0 Å². The molecule has 2 nitrogen and oxygen atoms in total. The first kappa shape index (κ1) is 16.2. The zero-order chi connectivity index (χ0) is 15.4. The summed E-state index contributed by atoms with van der Waals surface area (Å²) < 4.78 is 0. The summed E-state index contributed by atoms with van der Waals surface area (Å²) in [5, 5.41) is 0. The molecule has 0 spiro atoms. The molecule has 0 bridgehead atoms. The third-order valence-electron chi connectivity index (χ3n) is 6.32. The number of fused-ring (bicyclic) bond motifs is 3. The molecule has 2 unspecified atom stereocenters. The zero-order valence-electron chi connectivity index (χ0n) is 14.9. The van der Waals surface area contributed by atoms with Crippen LogP contribution in [0.3, 0.4) is 0 Å². The molecule has 0 aromatic rings. The van der Waals surface area contributed by atoms with Crippen molar-refractivity contribution in [3.63, 3.8) is 0 Å². The van der Waals surface area contributed by atoms with Gasteiger partial charge in [-0.05, 0) is 39.0 Å². The van der Waals surface area contributed by atoms with Gasteiger partial charge in [0.05, 0.1) is 0 Å². The summed E-state index contributed by atoms with van der Waals surface area (Å²) in [5.74, 6) is 0.836. The van der Waals surface area contributed by atoms with Crippen molar-refractivity contribution in [1.29, 1.82) is 0 Å². The molecule has 1 saturated carbocycles. The number of rotatable bonds is 2. The minimum atomic E-state index is 0.834. The molecule has 2 aliphatic heterocycles. The van der Waals surface area contributed by atoms with Gasteiger partial charge in [0.25, 0.3) is 0 Å². The smallest absolute Gasteiger partial charge is 0.0377 e. The van der Waals surface area contributed by atoms with Gasteiger partial charge in [-0.1, -0.05) is 44.9 Å². The lowest BCUT2D eigenvalue weighted by Crippen LogP contribution is -2.35. The molecule has 2 fully saturated rings. The van der Waals surface area contributed by atoms with Gasteiger partial charge in [-0.25, -0.2) is 0 Å². The minimum Gasteiger partial charge on any atom is -0.376 e. The Balaban J connectivity index is 1.90. The minimum absolute atomic E-state index is 0.834. The van der Waals surface area contributed by atoms with Crippen LogP contribution in [0.1, 0.15) is 84.0 Å². The van der Waals surface area contributed by atoms with Crippen molar-refractivity contribution in [1.82, 2.24) is 9.80 Å². The summed E-state index contributed by atoms with van der Waals surface area (Å²) in [4.78, 5) is 5.48. The van der Waals surface area contributed by atoms with E-state index in [2.05, 4.69) is 23.8 Å². The molecule has 0 radical (unpaired) electrons. The Labute approximate surface area is 137 Å². The largest absolute Gasteiger partial charge is 0.376 e. The van der Waals surface area contributed by atoms with Gasteiger partial charge in [-0.2, -0.15) is 0 Å². The lowest BCUT2D eigenvalue weighted by Gasteiger charge is -2.32. The molecule has 0 amide bonds. The summed E-state index contributed by atoms with van der Waals surface area (Å²) in [6.07, 6.45) is 17.2. The van der Waals surface area contributed by atoms with Crippen LogP contribution in [0.2, 0.25) is 0 Å². The highest BCUT2D eigenvalue weighted by Gasteiger charge is 2.41. The monoisotopic (exact) mass is 304 g/mol. The average molecular weight is 305 g/mol. The van der Waals surface area contributed by atoms with Crippen LogP contribution in [0.15, 0.2) is 11.4 Å². The van der Waals surface area contributed by atoms with E-state index < -0.39 is 0 Å². The van der Waals surface area contributed by atoms with E-state index in [1.807, 2.05) is 0 Å². The Morgan fingerprint density at radius 2 is 1.59 bits per heavy atom. The van der Waals surface area contributed by atoms with Crippen LogP contribution >= 0.6 is 0 Å². The Morgan fingerprint density at radius 3 is 2.41 bits per heavy atom. The van der Waals surface area contributed by atoms with E-state index in [0.29, 0.717) is 0 Å². The molecular formula is C20H36N2. The van der Waals surface area contributed by atoms with Crippen LogP contribution in [0, 0.1) is 5.92 Å². The predicted molar refractivity (Wildman–Crippen MR) is 94.7 cm³/mol. The molecule has 0 aromatic carbocycles. The van der Waals surface area contributed by atoms with E-state index in [0.717, 1.165) is 18.5 Å². The Kier molecular flexibility index (Phi) is 5.71. The van der Waals surface area contributed by atoms with Gasteiger partial charge in [0.2, 0.25) is 0 Å². The van der Waals surface area contributed by atoms with Crippen molar-refractivity contribution < 1.29 is 0 Å². The van der Waals surface area contributed by atoms with Gasteiger partial charge in [-0.3, -0.25) is 0 Å². The molecule has 0 aromatic heterocycles. The van der Waals surface area contributed by atoms with Crippen LogP contribution in [-0.2, 0) is 0 Å². The molecule has 3 rings (SSSR count). The topological polar surface area (TPSA) is 6.48 Å². The van der Waals surface area contributed by atoms with Crippen molar-refractivity contribution in [2.45, 2.75) is 90.0 Å². The standard InChI is InChI=1S/C20H36N2/c1-3-21(2)20-17-13-9-8-11-14-18(17)22-16-12-7-5-4-6-10-15-19(20)22/h17-18H,3-16H2,1-2H3. The molecule has 2 atom stereocenters. The first-order chi connectivity index (χ1) is 10.8. The van der Waals surface area contributed by atoms with E-state index in [1.54, 1.807) is 11.4 Å². The molecule has 2 heteroatoms. The fourth-order valence-corrected chi connectivity index (χ4v) is 5.07.